The van der Waals surface area contributed by atoms with E-state index in [4.69, 9.17) is 4.74 Å². The van der Waals surface area contributed by atoms with Gasteiger partial charge in [0.25, 0.3) is 0 Å². The fourth-order valence-electron chi connectivity index (χ4n) is 2.76. The zero-order valence-electron chi connectivity index (χ0n) is 10.3. The third-order valence-electron chi connectivity index (χ3n) is 4.11. The maximum absolute atomic E-state index is 11.9. The van der Waals surface area contributed by atoms with Gasteiger partial charge in [-0.15, -0.1) is 0 Å². The first kappa shape index (κ1) is 11.9. The van der Waals surface area contributed by atoms with E-state index in [1.807, 2.05) is 0 Å². The summed E-state index contributed by atoms with van der Waals surface area (Å²) < 4.78 is 5.49. The van der Waals surface area contributed by atoms with Crippen molar-refractivity contribution in [2.45, 2.75) is 45.4 Å². The molecule has 2 aliphatic heterocycles. The average molecular weight is 225 g/mol. The summed E-state index contributed by atoms with van der Waals surface area (Å²) in [6.07, 6.45) is 6.36. The lowest BCUT2D eigenvalue weighted by Gasteiger charge is -2.38. The molecule has 0 radical (unpaired) electrons. The molecule has 2 aliphatic rings. The Labute approximate surface area is 98.1 Å². The first-order chi connectivity index (χ1) is 7.76. The number of carbonyl (C=O) groups is 1. The van der Waals surface area contributed by atoms with Crippen molar-refractivity contribution in [3.05, 3.63) is 0 Å². The number of hydrogen-bond acceptors (Lipinski definition) is 2. The summed E-state index contributed by atoms with van der Waals surface area (Å²) in [6.45, 7) is 5.87. The van der Waals surface area contributed by atoms with Crippen LogP contribution in [-0.4, -0.2) is 37.1 Å². The molecule has 3 heteroatoms. The molecule has 2 fully saturated rings. The number of rotatable bonds is 3. The van der Waals surface area contributed by atoms with Gasteiger partial charge in [-0.3, -0.25) is 4.79 Å². The molecule has 0 unspecified atom stereocenters. The molecule has 2 rings (SSSR count). The van der Waals surface area contributed by atoms with Gasteiger partial charge >= 0.3 is 0 Å². The molecule has 3 nitrogen and oxygen atoms in total. The molecule has 92 valence electrons. The molecule has 0 aromatic heterocycles. The molecular weight excluding hydrogens is 202 g/mol. The highest BCUT2D eigenvalue weighted by atomic mass is 16.5. The van der Waals surface area contributed by atoms with Gasteiger partial charge in [0.15, 0.2) is 0 Å². The van der Waals surface area contributed by atoms with Crippen molar-refractivity contribution in [3.8, 4) is 0 Å². The van der Waals surface area contributed by atoms with Crippen LogP contribution in [0.15, 0.2) is 0 Å². The van der Waals surface area contributed by atoms with Crippen LogP contribution in [0.25, 0.3) is 0 Å². The van der Waals surface area contributed by atoms with Gasteiger partial charge in [-0.05, 0) is 31.1 Å². The van der Waals surface area contributed by atoms with Crippen LogP contribution in [0.4, 0.5) is 0 Å². The Balaban J connectivity index is 1.78. The number of hydrogen-bond donors (Lipinski definition) is 0. The monoisotopic (exact) mass is 225 g/mol. The highest BCUT2D eigenvalue weighted by Crippen LogP contribution is 2.39. The second kappa shape index (κ2) is 5.17. The normalized spacial score (nSPS) is 23.9. The minimum Gasteiger partial charge on any atom is -0.381 e. The first-order valence-corrected chi connectivity index (χ1v) is 6.61. The van der Waals surface area contributed by atoms with Crippen molar-refractivity contribution in [1.29, 1.82) is 0 Å². The van der Waals surface area contributed by atoms with E-state index in [-0.39, 0.29) is 0 Å². The molecule has 0 bridgehead atoms. The van der Waals surface area contributed by atoms with E-state index in [0.29, 0.717) is 11.3 Å². The van der Waals surface area contributed by atoms with Crippen LogP contribution in [0, 0.1) is 5.41 Å². The number of ether oxygens (including phenoxy) is 1. The molecule has 0 aliphatic carbocycles. The Hall–Kier alpha value is -0.570. The summed E-state index contributed by atoms with van der Waals surface area (Å²) in [5.74, 6) is 0.357. The Bertz CT molecular complexity index is 236. The van der Waals surface area contributed by atoms with E-state index >= 15 is 0 Å². The zero-order valence-corrected chi connectivity index (χ0v) is 10.3. The molecule has 0 atom stereocenters. The highest BCUT2D eigenvalue weighted by Gasteiger charge is 2.38. The fraction of sp³-hybridized carbons (Fsp3) is 0.923. The second-order valence-electron chi connectivity index (χ2n) is 5.29. The highest BCUT2D eigenvalue weighted by molar-refractivity contribution is 5.76. The largest absolute Gasteiger partial charge is 0.381 e. The summed E-state index contributed by atoms with van der Waals surface area (Å²) >= 11 is 0. The number of unbranched alkanes of at least 4 members (excludes halogenated alkanes) is 1. The lowest BCUT2D eigenvalue weighted by molar-refractivity contribution is -0.133. The van der Waals surface area contributed by atoms with Crippen molar-refractivity contribution in [2.24, 2.45) is 5.41 Å². The summed E-state index contributed by atoms with van der Waals surface area (Å²) in [5.41, 5.74) is 0.418. The lowest BCUT2D eigenvalue weighted by Crippen LogP contribution is -2.43. The third-order valence-corrected chi connectivity index (χ3v) is 4.11. The lowest BCUT2D eigenvalue weighted by atomic mass is 9.78. The fourth-order valence-corrected chi connectivity index (χ4v) is 2.76. The van der Waals surface area contributed by atoms with Crippen LogP contribution in [0.5, 0.6) is 0 Å². The van der Waals surface area contributed by atoms with Crippen molar-refractivity contribution in [1.82, 2.24) is 4.90 Å². The van der Waals surface area contributed by atoms with Crippen molar-refractivity contribution in [2.75, 3.05) is 26.3 Å². The van der Waals surface area contributed by atoms with Gasteiger partial charge in [-0.2, -0.15) is 0 Å². The number of nitrogens with zero attached hydrogens (tertiary/aromatic N) is 1. The minimum absolute atomic E-state index is 0.357. The molecule has 1 amide bonds. The number of carbonyl (C=O) groups excluding carboxylic acids is 1. The van der Waals surface area contributed by atoms with Crippen molar-refractivity contribution < 1.29 is 9.53 Å². The van der Waals surface area contributed by atoms with Gasteiger partial charge in [0.1, 0.15) is 0 Å². The maximum atomic E-state index is 11.9. The Morgan fingerprint density at radius 3 is 2.62 bits per heavy atom. The van der Waals surface area contributed by atoms with Gasteiger partial charge in [-0.1, -0.05) is 13.3 Å². The van der Waals surface area contributed by atoms with Crippen LogP contribution in [0.1, 0.15) is 45.4 Å². The van der Waals surface area contributed by atoms with Crippen LogP contribution in [-0.2, 0) is 9.53 Å². The van der Waals surface area contributed by atoms with Crippen molar-refractivity contribution in [3.63, 3.8) is 0 Å². The van der Waals surface area contributed by atoms with Gasteiger partial charge in [0.05, 0.1) is 6.61 Å². The Kier molecular flexibility index (Phi) is 3.85. The number of likely N-dealkylation sites (tertiary alicyclic amines) is 1. The van der Waals surface area contributed by atoms with E-state index in [2.05, 4.69) is 11.8 Å². The summed E-state index contributed by atoms with van der Waals surface area (Å²) in [5, 5.41) is 0. The molecular formula is C13H23NO2. The van der Waals surface area contributed by atoms with E-state index < -0.39 is 0 Å². The molecule has 0 aromatic carbocycles. The van der Waals surface area contributed by atoms with Crippen LogP contribution in [0.3, 0.4) is 0 Å². The van der Waals surface area contributed by atoms with Crippen LogP contribution in [0.2, 0.25) is 0 Å². The summed E-state index contributed by atoms with van der Waals surface area (Å²) in [7, 11) is 0. The predicted molar refractivity (Wildman–Crippen MR) is 63.2 cm³/mol. The minimum atomic E-state index is 0.357. The van der Waals surface area contributed by atoms with Gasteiger partial charge in [0.2, 0.25) is 5.91 Å². The number of amides is 1. The predicted octanol–water partition coefficient (Wildman–Crippen LogP) is 2.21. The second-order valence-corrected chi connectivity index (χ2v) is 5.29. The molecule has 0 N–H and O–H groups in total. The Morgan fingerprint density at radius 2 is 2.06 bits per heavy atom. The summed E-state index contributed by atoms with van der Waals surface area (Å²) in [6, 6.07) is 0. The number of piperidine rings is 1. The van der Waals surface area contributed by atoms with Crippen LogP contribution < -0.4 is 0 Å². The first-order valence-electron chi connectivity index (χ1n) is 6.61. The zero-order chi connectivity index (χ0) is 11.4. The molecule has 2 saturated heterocycles. The molecule has 0 aromatic rings. The quantitative estimate of drug-likeness (QED) is 0.737. The van der Waals surface area contributed by atoms with Gasteiger partial charge < -0.3 is 9.64 Å². The van der Waals surface area contributed by atoms with E-state index in [9.17, 15) is 4.79 Å². The standard InChI is InChI=1S/C13H23NO2/c1-2-3-4-12(15)14-8-5-13(6-9-14)7-10-16-11-13/h2-11H2,1H3. The maximum Gasteiger partial charge on any atom is 0.222 e. The average Bonchev–Trinajstić information content (AvgIpc) is 2.75. The molecule has 0 saturated carbocycles. The van der Waals surface area contributed by atoms with E-state index in [1.54, 1.807) is 0 Å². The van der Waals surface area contributed by atoms with Gasteiger partial charge in [0, 0.05) is 26.1 Å². The smallest absolute Gasteiger partial charge is 0.222 e. The third kappa shape index (κ3) is 2.57. The van der Waals surface area contributed by atoms with E-state index in [0.717, 1.165) is 58.4 Å². The van der Waals surface area contributed by atoms with Crippen molar-refractivity contribution >= 4 is 5.91 Å². The molecule has 2 heterocycles. The topological polar surface area (TPSA) is 29.5 Å². The SMILES string of the molecule is CCCCC(=O)N1CCC2(CCOC2)CC1. The summed E-state index contributed by atoms with van der Waals surface area (Å²) in [4.78, 5) is 13.9. The van der Waals surface area contributed by atoms with E-state index in [1.165, 1.54) is 6.42 Å². The van der Waals surface area contributed by atoms with Crippen LogP contribution >= 0.6 is 0 Å². The molecule has 16 heavy (non-hydrogen) atoms. The Morgan fingerprint density at radius 1 is 1.31 bits per heavy atom. The molecule has 1 spiro atoms. The van der Waals surface area contributed by atoms with Gasteiger partial charge in [-0.25, -0.2) is 0 Å².